The Kier molecular flexibility index (Phi) is 3.64. The van der Waals surface area contributed by atoms with Crippen LogP contribution in [-0.2, 0) is 11.2 Å². The first-order valence-electron chi connectivity index (χ1n) is 5.57. The molecule has 0 radical (unpaired) electrons. The van der Waals surface area contributed by atoms with Gasteiger partial charge in [0.2, 0.25) is 0 Å². The Morgan fingerprint density at radius 3 is 2.38 bits per heavy atom. The van der Waals surface area contributed by atoms with Crippen molar-refractivity contribution in [2.45, 2.75) is 6.42 Å². The smallest absolute Gasteiger partial charge is 0.122 e. The van der Waals surface area contributed by atoms with Crippen molar-refractivity contribution in [2.75, 3.05) is 32.8 Å². The Labute approximate surface area is 95.1 Å². The maximum absolute atomic E-state index is 9.62. The van der Waals surface area contributed by atoms with E-state index >= 15 is 0 Å². The lowest BCUT2D eigenvalue weighted by atomic mass is 10.1. The summed E-state index contributed by atoms with van der Waals surface area (Å²) in [5.74, 6) is 0.349. The molecule has 4 nitrogen and oxygen atoms in total. The zero-order valence-electron chi connectivity index (χ0n) is 9.22. The van der Waals surface area contributed by atoms with Crippen molar-refractivity contribution >= 4 is 0 Å². The highest BCUT2D eigenvalue weighted by Crippen LogP contribution is 2.26. The van der Waals surface area contributed by atoms with Crippen LogP contribution in [0.4, 0.5) is 0 Å². The molecule has 1 fully saturated rings. The van der Waals surface area contributed by atoms with Crippen LogP contribution in [0.25, 0.3) is 0 Å². The van der Waals surface area contributed by atoms with E-state index in [4.69, 9.17) is 4.74 Å². The summed E-state index contributed by atoms with van der Waals surface area (Å²) >= 11 is 0. The first kappa shape index (κ1) is 11.2. The van der Waals surface area contributed by atoms with Gasteiger partial charge in [-0.15, -0.1) is 0 Å². The van der Waals surface area contributed by atoms with E-state index in [1.807, 2.05) is 0 Å². The van der Waals surface area contributed by atoms with Crippen molar-refractivity contribution in [3.63, 3.8) is 0 Å². The lowest BCUT2D eigenvalue weighted by Crippen LogP contribution is -2.37. The number of morpholine rings is 1. The fraction of sp³-hybridized carbons (Fsp3) is 0.500. The number of hydrogen-bond donors (Lipinski definition) is 2. The van der Waals surface area contributed by atoms with E-state index in [-0.39, 0.29) is 11.5 Å². The number of benzene rings is 1. The van der Waals surface area contributed by atoms with Gasteiger partial charge in [0.05, 0.1) is 13.2 Å². The molecule has 88 valence electrons. The second kappa shape index (κ2) is 5.18. The molecular weight excluding hydrogens is 206 g/mol. The maximum atomic E-state index is 9.62. The number of aromatic hydroxyl groups is 2. The fourth-order valence-electron chi connectivity index (χ4n) is 1.91. The molecule has 2 rings (SSSR count). The molecular formula is C12H17NO3. The molecule has 0 spiro atoms. The molecule has 1 aliphatic rings. The van der Waals surface area contributed by atoms with Crippen LogP contribution in [0.2, 0.25) is 0 Å². The summed E-state index contributed by atoms with van der Waals surface area (Å²) in [7, 11) is 0. The Balaban J connectivity index is 1.93. The lowest BCUT2D eigenvalue weighted by Gasteiger charge is -2.26. The third kappa shape index (κ3) is 2.65. The minimum Gasteiger partial charge on any atom is -0.508 e. The molecule has 1 aromatic rings. The number of phenolic OH excluding ortho intramolecular Hbond substituents is 2. The van der Waals surface area contributed by atoms with E-state index < -0.39 is 0 Å². The van der Waals surface area contributed by atoms with Gasteiger partial charge >= 0.3 is 0 Å². The van der Waals surface area contributed by atoms with Crippen LogP contribution in [0.3, 0.4) is 0 Å². The monoisotopic (exact) mass is 223 g/mol. The molecule has 0 amide bonds. The van der Waals surface area contributed by atoms with Gasteiger partial charge in [0, 0.05) is 25.2 Å². The first-order chi connectivity index (χ1) is 7.77. The number of hydrogen-bond acceptors (Lipinski definition) is 4. The van der Waals surface area contributed by atoms with Crippen LogP contribution < -0.4 is 0 Å². The second-order valence-electron chi connectivity index (χ2n) is 3.98. The van der Waals surface area contributed by atoms with Crippen molar-refractivity contribution in [3.05, 3.63) is 23.8 Å². The molecule has 0 atom stereocenters. The third-order valence-corrected chi connectivity index (χ3v) is 2.91. The van der Waals surface area contributed by atoms with Gasteiger partial charge in [-0.25, -0.2) is 0 Å². The Morgan fingerprint density at radius 1 is 1.12 bits per heavy atom. The molecule has 1 aromatic carbocycles. The molecule has 0 aromatic heterocycles. The van der Waals surface area contributed by atoms with E-state index in [9.17, 15) is 10.2 Å². The Morgan fingerprint density at radius 2 is 1.75 bits per heavy atom. The molecule has 2 N–H and O–H groups in total. The number of nitrogens with zero attached hydrogens (tertiary/aromatic N) is 1. The summed E-state index contributed by atoms with van der Waals surface area (Å²) in [6.45, 7) is 4.23. The summed E-state index contributed by atoms with van der Waals surface area (Å²) in [6, 6.07) is 4.85. The van der Waals surface area contributed by atoms with Crippen LogP contribution in [0.5, 0.6) is 11.5 Å². The van der Waals surface area contributed by atoms with Crippen LogP contribution in [0.1, 0.15) is 5.56 Å². The summed E-state index contributed by atoms with van der Waals surface area (Å²) < 4.78 is 5.26. The largest absolute Gasteiger partial charge is 0.508 e. The van der Waals surface area contributed by atoms with Crippen molar-refractivity contribution in [2.24, 2.45) is 0 Å². The van der Waals surface area contributed by atoms with Gasteiger partial charge in [0.25, 0.3) is 0 Å². The standard InChI is InChI=1S/C12H17NO3/c14-11-2-1-3-12(15)10(11)4-5-13-6-8-16-9-7-13/h1-3,14-15H,4-9H2. The van der Waals surface area contributed by atoms with Gasteiger partial charge in [-0.3, -0.25) is 4.90 Å². The first-order valence-corrected chi connectivity index (χ1v) is 5.57. The van der Waals surface area contributed by atoms with Crippen LogP contribution in [0.15, 0.2) is 18.2 Å². The summed E-state index contributed by atoms with van der Waals surface area (Å²) in [4.78, 5) is 2.27. The minimum atomic E-state index is 0.174. The highest BCUT2D eigenvalue weighted by molar-refractivity contribution is 5.43. The Bertz CT molecular complexity index is 328. The molecule has 0 aliphatic carbocycles. The van der Waals surface area contributed by atoms with Gasteiger partial charge in [0.15, 0.2) is 0 Å². The SMILES string of the molecule is Oc1cccc(O)c1CCN1CCOCC1. The van der Waals surface area contributed by atoms with Gasteiger partial charge in [-0.1, -0.05) is 6.07 Å². The van der Waals surface area contributed by atoms with Crippen molar-refractivity contribution in [3.8, 4) is 11.5 Å². The predicted molar refractivity (Wildman–Crippen MR) is 60.7 cm³/mol. The molecule has 1 aliphatic heterocycles. The lowest BCUT2D eigenvalue weighted by molar-refractivity contribution is 0.0383. The van der Waals surface area contributed by atoms with E-state index in [2.05, 4.69) is 4.90 Å². The van der Waals surface area contributed by atoms with Gasteiger partial charge < -0.3 is 14.9 Å². The summed E-state index contributed by atoms with van der Waals surface area (Å²) in [5, 5.41) is 19.2. The summed E-state index contributed by atoms with van der Waals surface area (Å²) in [5.41, 5.74) is 0.633. The fourth-order valence-corrected chi connectivity index (χ4v) is 1.91. The quantitative estimate of drug-likeness (QED) is 0.801. The molecule has 16 heavy (non-hydrogen) atoms. The third-order valence-electron chi connectivity index (χ3n) is 2.91. The molecule has 0 saturated carbocycles. The number of ether oxygens (including phenoxy) is 1. The molecule has 4 heteroatoms. The van der Waals surface area contributed by atoms with Crippen LogP contribution in [0, 0.1) is 0 Å². The second-order valence-corrected chi connectivity index (χ2v) is 3.98. The Hall–Kier alpha value is -1.26. The zero-order chi connectivity index (χ0) is 11.4. The highest BCUT2D eigenvalue weighted by Gasteiger charge is 2.12. The highest BCUT2D eigenvalue weighted by atomic mass is 16.5. The van der Waals surface area contributed by atoms with Crippen molar-refractivity contribution in [1.29, 1.82) is 0 Å². The average Bonchev–Trinajstić information content (AvgIpc) is 2.30. The topological polar surface area (TPSA) is 52.9 Å². The maximum Gasteiger partial charge on any atom is 0.122 e. The molecule has 1 saturated heterocycles. The summed E-state index contributed by atoms with van der Waals surface area (Å²) in [6.07, 6.45) is 0.665. The predicted octanol–water partition coefficient (Wildman–Crippen LogP) is 0.972. The average molecular weight is 223 g/mol. The van der Waals surface area contributed by atoms with E-state index in [1.165, 1.54) is 0 Å². The van der Waals surface area contributed by atoms with Crippen LogP contribution >= 0.6 is 0 Å². The van der Waals surface area contributed by atoms with Crippen molar-refractivity contribution in [1.82, 2.24) is 4.90 Å². The van der Waals surface area contributed by atoms with Crippen molar-refractivity contribution < 1.29 is 14.9 Å². The van der Waals surface area contributed by atoms with Crippen LogP contribution in [-0.4, -0.2) is 48.0 Å². The van der Waals surface area contributed by atoms with Gasteiger partial charge in [-0.05, 0) is 18.6 Å². The van der Waals surface area contributed by atoms with Gasteiger partial charge in [0.1, 0.15) is 11.5 Å². The normalized spacial score (nSPS) is 17.5. The molecule has 1 heterocycles. The number of rotatable bonds is 3. The molecule has 0 bridgehead atoms. The molecule has 0 unspecified atom stereocenters. The zero-order valence-corrected chi connectivity index (χ0v) is 9.22. The van der Waals surface area contributed by atoms with E-state index in [1.54, 1.807) is 18.2 Å². The van der Waals surface area contributed by atoms with E-state index in [0.29, 0.717) is 12.0 Å². The van der Waals surface area contributed by atoms with E-state index in [0.717, 1.165) is 32.8 Å². The number of phenols is 2. The minimum absolute atomic E-state index is 0.174. The van der Waals surface area contributed by atoms with Gasteiger partial charge in [-0.2, -0.15) is 0 Å².